The molecule has 0 radical (unpaired) electrons. The molecule has 0 fully saturated rings. The first-order valence-electron chi connectivity index (χ1n) is 8.00. The van der Waals surface area contributed by atoms with Crippen LogP contribution in [0.25, 0.3) is 11.1 Å². The molecule has 0 spiro atoms. The molecular weight excluding hydrogens is 346 g/mol. The van der Waals surface area contributed by atoms with Crippen LogP contribution in [0.3, 0.4) is 0 Å². The van der Waals surface area contributed by atoms with Crippen LogP contribution in [-0.2, 0) is 0 Å². The molecule has 1 aromatic heterocycles. The first kappa shape index (κ1) is 17.8. The number of carbonyl (C=O) groups excluding carboxylic acids is 2. The highest BCUT2D eigenvalue weighted by Crippen LogP contribution is 2.27. The lowest BCUT2D eigenvalue weighted by molar-refractivity contribution is 0.0697. The van der Waals surface area contributed by atoms with Gasteiger partial charge < -0.3 is 5.11 Å². The van der Waals surface area contributed by atoms with E-state index in [4.69, 9.17) is 0 Å². The van der Waals surface area contributed by atoms with Crippen LogP contribution in [0.1, 0.15) is 31.1 Å². The summed E-state index contributed by atoms with van der Waals surface area (Å²) in [7, 11) is 0. The molecule has 3 N–H and O–H groups in total. The lowest BCUT2D eigenvalue weighted by Crippen LogP contribution is -2.41. The van der Waals surface area contributed by atoms with Gasteiger partial charge in [-0.3, -0.25) is 25.4 Å². The average molecular weight is 361 g/mol. The summed E-state index contributed by atoms with van der Waals surface area (Å²) in [6.07, 6.45) is 2.91. The second kappa shape index (κ2) is 7.92. The number of carboxylic acid groups (broad SMARTS) is 1. The molecular formula is C20H15N3O4. The third kappa shape index (κ3) is 3.98. The summed E-state index contributed by atoms with van der Waals surface area (Å²) in [5, 5.41) is 9.40. The minimum absolute atomic E-state index is 0.0807. The molecule has 0 bridgehead atoms. The van der Waals surface area contributed by atoms with Crippen molar-refractivity contribution in [2.24, 2.45) is 0 Å². The molecule has 2 aromatic carbocycles. The first-order chi connectivity index (χ1) is 13.1. The average Bonchev–Trinajstić information content (AvgIpc) is 2.72. The fourth-order valence-electron chi connectivity index (χ4n) is 2.57. The summed E-state index contributed by atoms with van der Waals surface area (Å²) < 4.78 is 0. The van der Waals surface area contributed by atoms with E-state index in [-0.39, 0.29) is 11.1 Å². The molecule has 3 aromatic rings. The maximum absolute atomic E-state index is 12.6. The molecule has 0 aliphatic carbocycles. The molecule has 134 valence electrons. The number of hydrazine groups is 1. The number of amides is 2. The van der Waals surface area contributed by atoms with E-state index in [2.05, 4.69) is 15.8 Å². The Balaban J connectivity index is 1.85. The number of hydrogen-bond acceptors (Lipinski definition) is 4. The number of benzene rings is 2. The van der Waals surface area contributed by atoms with Crippen molar-refractivity contribution in [3.05, 3.63) is 89.7 Å². The Kier molecular flexibility index (Phi) is 5.22. The third-order valence-corrected chi connectivity index (χ3v) is 3.83. The number of aromatic carboxylic acids is 1. The highest BCUT2D eigenvalue weighted by molar-refractivity contribution is 6.05. The molecule has 2 amide bonds. The van der Waals surface area contributed by atoms with E-state index >= 15 is 0 Å². The van der Waals surface area contributed by atoms with Crippen molar-refractivity contribution in [3.8, 4) is 11.1 Å². The van der Waals surface area contributed by atoms with Crippen LogP contribution in [0.4, 0.5) is 0 Å². The van der Waals surface area contributed by atoms with Crippen LogP contribution < -0.4 is 10.9 Å². The van der Waals surface area contributed by atoms with E-state index in [1.54, 1.807) is 54.6 Å². The predicted molar refractivity (Wildman–Crippen MR) is 98.0 cm³/mol. The van der Waals surface area contributed by atoms with Crippen LogP contribution in [0.2, 0.25) is 0 Å². The van der Waals surface area contributed by atoms with Crippen LogP contribution >= 0.6 is 0 Å². The Labute approximate surface area is 154 Å². The zero-order valence-electron chi connectivity index (χ0n) is 14.0. The number of aromatic nitrogens is 1. The topological polar surface area (TPSA) is 108 Å². The Bertz CT molecular complexity index is 1000. The summed E-state index contributed by atoms with van der Waals surface area (Å²) in [5.41, 5.74) is 6.13. The van der Waals surface area contributed by atoms with Gasteiger partial charge in [-0.2, -0.15) is 0 Å². The summed E-state index contributed by atoms with van der Waals surface area (Å²) in [5.74, 6) is -2.17. The van der Waals surface area contributed by atoms with Crippen LogP contribution in [0, 0.1) is 0 Å². The number of rotatable bonds is 4. The second-order valence-electron chi connectivity index (χ2n) is 5.55. The molecule has 0 saturated heterocycles. The number of carbonyl (C=O) groups is 3. The standard InChI is InChI=1S/C20H15N3O4/c24-18(13-6-5-11-21-12-13)22-23-19(25)16-9-3-1-7-14(16)15-8-2-4-10-17(15)20(26)27/h1-12H,(H,22,24)(H,23,25)(H,26,27). The molecule has 0 saturated carbocycles. The van der Waals surface area contributed by atoms with Gasteiger partial charge in [-0.1, -0.05) is 36.4 Å². The van der Waals surface area contributed by atoms with Crippen molar-refractivity contribution in [2.75, 3.05) is 0 Å². The van der Waals surface area contributed by atoms with Crippen molar-refractivity contribution >= 4 is 17.8 Å². The van der Waals surface area contributed by atoms with E-state index in [0.29, 0.717) is 16.7 Å². The zero-order chi connectivity index (χ0) is 19.2. The molecule has 3 rings (SSSR count). The fraction of sp³-hybridized carbons (Fsp3) is 0. The highest BCUT2D eigenvalue weighted by Gasteiger charge is 2.18. The quantitative estimate of drug-likeness (QED) is 0.619. The molecule has 7 heteroatoms. The van der Waals surface area contributed by atoms with Gasteiger partial charge in [0, 0.05) is 18.0 Å². The normalized spacial score (nSPS) is 10.1. The summed E-state index contributed by atoms with van der Waals surface area (Å²) >= 11 is 0. The van der Waals surface area contributed by atoms with Crippen molar-refractivity contribution in [1.29, 1.82) is 0 Å². The molecule has 0 atom stereocenters. The van der Waals surface area contributed by atoms with E-state index < -0.39 is 17.8 Å². The fourth-order valence-corrected chi connectivity index (χ4v) is 2.57. The van der Waals surface area contributed by atoms with Gasteiger partial charge in [-0.05, 0) is 35.4 Å². The van der Waals surface area contributed by atoms with Gasteiger partial charge in [0.2, 0.25) is 0 Å². The van der Waals surface area contributed by atoms with Gasteiger partial charge in [0.1, 0.15) is 0 Å². The monoisotopic (exact) mass is 361 g/mol. The SMILES string of the molecule is O=C(NNC(=O)c1ccccc1-c1ccccc1C(=O)O)c1cccnc1. The maximum Gasteiger partial charge on any atom is 0.336 e. The molecule has 1 heterocycles. The molecule has 27 heavy (non-hydrogen) atoms. The third-order valence-electron chi connectivity index (χ3n) is 3.83. The summed E-state index contributed by atoms with van der Waals surface area (Å²) in [6.45, 7) is 0. The van der Waals surface area contributed by atoms with Crippen molar-refractivity contribution < 1.29 is 19.5 Å². The lowest BCUT2D eigenvalue weighted by atomic mass is 9.95. The Morgan fingerprint density at radius 2 is 1.33 bits per heavy atom. The Morgan fingerprint density at radius 1 is 0.741 bits per heavy atom. The van der Waals surface area contributed by atoms with Crippen LogP contribution in [-0.4, -0.2) is 27.9 Å². The molecule has 0 aliphatic heterocycles. The van der Waals surface area contributed by atoms with Gasteiger partial charge in [-0.25, -0.2) is 4.79 Å². The van der Waals surface area contributed by atoms with Gasteiger partial charge in [-0.15, -0.1) is 0 Å². The van der Waals surface area contributed by atoms with E-state index in [9.17, 15) is 19.5 Å². The van der Waals surface area contributed by atoms with E-state index in [0.717, 1.165) is 0 Å². The molecule has 7 nitrogen and oxygen atoms in total. The number of carboxylic acids is 1. The number of pyridine rings is 1. The van der Waals surface area contributed by atoms with Crippen LogP contribution in [0.5, 0.6) is 0 Å². The van der Waals surface area contributed by atoms with Gasteiger partial charge in [0.25, 0.3) is 11.8 Å². The van der Waals surface area contributed by atoms with Crippen molar-refractivity contribution in [2.45, 2.75) is 0 Å². The highest BCUT2D eigenvalue weighted by atomic mass is 16.4. The van der Waals surface area contributed by atoms with Crippen molar-refractivity contribution in [1.82, 2.24) is 15.8 Å². The molecule has 0 unspecified atom stereocenters. The zero-order valence-corrected chi connectivity index (χ0v) is 14.0. The number of nitrogens with one attached hydrogen (secondary N) is 2. The summed E-state index contributed by atoms with van der Waals surface area (Å²) in [4.78, 5) is 39.9. The molecule has 0 aliphatic rings. The predicted octanol–water partition coefficient (Wildman–Crippen LogP) is 2.52. The number of hydrogen-bond donors (Lipinski definition) is 3. The summed E-state index contributed by atoms with van der Waals surface area (Å²) in [6, 6.07) is 16.1. The largest absolute Gasteiger partial charge is 0.478 e. The first-order valence-corrected chi connectivity index (χ1v) is 8.00. The van der Waals surface area contributed by atoms with E-state index in [1.165, 1.54) is 18.5 Å². The van der Waals surface area contributed by atoms with E-state index in [1.807, 2.05) is 0 Å². The minimum atomic E-state index is -1.09. The van der Waals surface area contributed by atoms with Gasteiger partial charge in [0.15, 0.2) is 0 Å². The number of nitrogens with zero attached hydrogens (tertiary/aromatic N) is 1. The minimum Gasteiger partial charge on any atom is -0.478 e. The maximum atomic E-state index is 12.6. The van der Waals surface area contributed by atoms with Gasteiger partial charge in [0.05, 0.1) is 11.1 Å². The lowest BCUT2D eigenvalue weighted by Gasteiger charge is -2.13. The smallest absolute Gasteiger partial charge is 0.336 e. The van der Waals surface area contributed by atoms with Crippen LogP contribution in [0.15, 0.2) is 73.1 Å². The Morgan fingerprint density at radius 3 is 1.96 bits per heavy atom. The Hall–Kier alpha value is -4.00. The van der Waals surface area contributed by atoms with Crippen molar-refractivity contribution in [3.63, 3.8) is 0 Å². The van der Waals surface area contributed by atoms with Gasteiger partial charge >= 0.3 is 5.97 Å². The second-order valence-corrected chi connectivity index (χ2v) is 5.55.